The lowest BCUT2D eigenvalue weighted by Crippen LogP contribution is -2.27. The van der Waals surface area contributed by atoms with E-state index in [-0.39, 0.29) is 6.29 Å². The quantitative estimate of drug-likeness (QED) is 0.500. The van der Waals surface area contributed by atoms with Crippen LogP contribution < -0.4 is 5.32 Å². The van der Waals surface area contributed by atoms with Gasteiger partial charge in [0.1, 0.15) is 0 Å². The zero-order valence-corrected chi connectivity index (χ0v) is 8.13. The summed E-state index contributed by atoms with van der Waals surface area (Å²) in [5.74, 6) is 0. The van der Waals surface area contributed by atoms with E-state index in [1.807, 2.05) is 6.08 Å². The van der Waals surface area contributed by atoms with Crippen molar-refractivity contribution in [1.82, 2.24) is 5.32 Å². The molecule has 0 aromatic heterocycles. The van der Waals surface area contributed by atoms with Crippen molar-refractivity contribution in [2.24, 2.45) is 0 Å². The second-order valence-corrected chi connectivity index (χ2v) is 3.16. The smallest absolute Gasteiger partial charge is 0.157 e. The van der Waals surface area contributed by atoms with Crippen molar-refractivity contribution in [3.63, 3.8) is 0 Å². The summed E-state index contributed by atoms with van der Waals surface area (Å²) in [4.78, 5) is 0. The van der Waals surface area contributed by atoms with Gasteiger partial charge in [-0.25, -0.2) is 0 Å². The van der Waals surface area contributed by atoms with Gasteiger partial charge in [0.2, 0.25) is 0 Å². The van der Waals surface area contributed by atoms with Crippen molar-refractivity contribution < 1.29 is 9.47 Å². The lowest BCUT2D eigenvalue weighted by Gasteiger charge is -2.22. The highest BCUT2D eigenvalue weighted by Gasteiger charge is 2.12. The van der Waals surface area contributed by atoms with Crippen LogP contribution in [-0.4, -0.2) is 32.6 Å². The van der Waals surface area contributed by atoms with E-state index in [1.54, 1.807) is 0 Å². The second kappa shape index (κ2) is 7.06. The summed E-state index contributed by atoms with van der Waals surface area (Å²) in [5, 5.41) is 3.18. The molecule has 0 saturated carbocycles. The van der Waals surface area contributed by atoms with Gasteiger partial charge in [0.25, 0.3) is 0 Å². The van der Waals surface area contributed by atoms with Crippen LogP contribution >= 0.6 is 0 Å². The molecule has 3 heteroatoms. The van der Waals surface area contributed by atoms with Gasteiger partial charge in [-0.15, -0.1) is 6.58 Å². The minimum Gasteiger partial charge on any atom is -0.353 e. The van der Waals surface area contributed by atoms with Crippen LogP contribution in [0.15, 0.2) is 12.7 Å². The topological polar surface area (TPSA) is 30.5 Å². The molecular weight excluding hydrogens is 166 g/mol. The fraction of sp³-hybridized carbons (Fsp3) is 0.800. The lowest BCUT2D eigenvalue weighted by atomic mass is 10.2. The average molecular weight is 185 g/mol. The van der Waals surface area contributed by atoms with Crippen molar-refractivity contribution in [1.29, 1.82) is 0 Å². The molecule has 3 nitrogen and oxygen atoms in total. The van der Waals surface area contributed by atoms with Crippen molar-refractivity contribution >= 4 is 0 Å². The van der Waals surface area contributed by atoms with Crippen molar-refractivity contribution in [2.75, 3.05) is 26.3 Å². The molecule has 0 spiro atoms. The first-order valence-electron chi connectivity index (χ1n) is 4.98. The van der Waals surface area contributed by atoms with Crippen LogP contribution in [-0.2, 0) is 9.47 Å². The van der Waals surface area contributed by atoms with E-state index in [9.17, 15) is 0 Å². The summed E-state index contributed by atoms with van der Waals surface area (Å²) < 4.78 is 10.9. The van der Waals surface area contributed by atoms with Crippen LogP contribution in [0.1, 0.15) is 19.3 Å². The third-order valence-electron chi connectivity index (χ3n) is 2.01. The summed E-state index contributed by atoms with van der Waals surface area (Å²) >= 11 is 0. The molecule has 1 unspecified atom stereocenters. The summed E-state index contributed by atoms with van der Waals surface area (Å²) in [6.07, 6.45) is 5.33. The van der Waals surface area contributed by atoms with E-state index in [4.69, 9.17) is 9.47 Å². The maximum absolute atomic E-state index is 5.51. The molecule has 1 saturated heterocycles. The van der Waals surface area contributed by atoms with E-state index in [2.05, 4.69) is 11.9 Å². The highest BCUT2D eigenvalue weighted by atomic mass is 16.7. The Balaban J connectivity index is 1.89. The van der Waals surface area contributed by atoms with Gasteiger partial charge in [-0.1, -0.05) is 6.08 Å². The van der Waals surface area contributed by atoms with Crippen LogP contribution in [0.2, 0.25) is 0 Å². The molecule has 0 radical (unpaired) electrons. The first kappa shape index (κ1) is 10.7. The molecule has 1 rings (SSSR count). The maximum Gasteiger partial charge on any atom is 0.157 e. The lowest BCUT2D eigenvalue weighted by molar-refractivity contribution is -0.161. The van der Waals surface area contributed by atoms with Crippen molar-refractivity contribution in [2.45, 2.75) is 25.6 Å². The van der Waals surface area contributed by atoms with Gasteiger partial charge >= 0.3 is 0 Å². The van der Waals surface area contributed by atoms with Gasteiger partial charge in [0, 0.05) is 19.7 Å². The normalized spacial score (nSPS) is 22.9. The molecular formula is C10H19NO2. The molecule has 0 bridgehead atoms. The molecule has 0 aliphatic carbocycles. The molecule has 0 aromatic rings. The highest BCUT2D eigenvalue weighted by Crippen LogP contribution is 2.12. The molecule has 1 heterocycles. The molecule has 0 aromatic carbocycles. The molecule has 1 fully saturated rings. The van der Waals surface area contributed by atoms with Crippen LogP contribution in [0.3, 0.4) is 0 Å². The number of hydrogen-bond donors (Lipinski definition) is 1. The van der Waals surface area contributed by atoms with Crippen LogP contribution in [0.4, 0.5) is 0 Å². The third-order valence-corrected chi connectivity index (χ3v) is 2.01. The minimum absolute atomic E-state index is 0.0410. The van der Waals surface area contributed by atoms with Gasteiger partial charge in [0.15, 0.2) is 6.29 Å². The second-order valence-electron chi connectivity index (χ2n) is 3.16. The highest BCUT2D eigenvalue weighted by molar-refractivity contribution is 4.69. The Labute approximate surface area is 80.1 Å². The van der Waals surface area contributed by atoms with Gasteiger partial charge in [-0.05, 0) is 19.3 Å². The molecule has 13 heavy (non-hydrogen) atoms. The Hall–Kier alpha value is -0.380. The molecule has 1 aliphatic heterocycles. The van der Waals surface area contributed by atoms with E-state index >= 15 is 0 Å². The number of hydrogen-bond acceptors (Lipinski definition) is 3. The van der Waals surface area contributed by atoms with E-state index in [0.717, 1.165) is 32.7 Å². The molecule has 1 aliphatic rings. The third kappa shape index (κ3) is 5.03. The Kier molecular flexibility index (Phi) is 5.81. The standard InChI is InChI=1S/C10H19NO2/c1-2-6-11-7-9-13-10-5-3-4-8-12-10/h2,10-11H,1,3-9H2. The summed E-state index contributed by atoms with van der Waals surface area (Å²) in [5.41, 5.74) is 0. The number of ether oxygens (including phenoxy) is 2. The van der Waals surface area contributed by atoms with Crippen molar-refractivity contribution in [3.8, 4) is 0 Å². The Morgan fingerprint density at radius 2 is 2.46 bits per heavy atom. The molecule has 1 atom stereocenters. The zero-order valence-electron chi connectivity index (χ0n) is 8.13. The minimum atomic E-state index is 0.0410. The predicted octanol–water partition coefficient (Wildman–Crippen LogP) is 1.31. The molecule has 0 amide bonds. The average Bonchev–Trinajstić information content (AvgIpc) is 2.19. The number of nitrogens with one attached hydrogen (secondary N) is 1. The SMILES string of the molecule is C=CCNCCOC1CCCCO1. The molecule has 1 N–H and O–H groups in total. The van der Waals surface area contributed by atoms with Gasteiger partial charge in [0.05, 0.1) is 6.61 Å². The fourth-order valence-corrected chi connectivity index (χ4v) is 1.31. The predicted molar refractivity (Wildman–Crippen MR) is 52.6 cm³/mol. The van der Waals surface area contributed by atoms with Gasteiger partial charge < -0.3 is 14.8 Å². The monoisotopic (exact) mass is 185 g/mol. The van der Waals surface area contributed by atoms with Crippen LogP contribution in [0.5, 0.6) is 0 Å². The summed E-state index contributed by atoms with van der Waals surface area (Å²) in [6.45, 7) is 6.90. The van der Waals surface area contributed by atoms with E-state index in [1.165, 1.54) is 12.8 Å². The first-order valence-corrected chi connectivity index (χ1v) is 4.98. The largest absolute Gasteiger partial charge is 0.353 e. The maximum atomic E-state index is 5.51. The van der Waals surface area contributed by atoms with Crippen molar-refractivity contribution in [3.05, 3.63) is 12.7 Å². The van der Waals surface area contributed by atoms with Gasteiger partial charge in [-0.3, -0.25) is 0 Å². The Morgan fingerprint density at radius 1 is 1.54 bits per heavy atom. The Bertz CT molecular complexity index is 133. The zero-order chi connectivity index (χ0) is 9.36. The summed E-state index contributed by atoms with van der Waals surface area (Å²) in [6, 6.07) is 0. The van der Waals surface area contributed by atoms with Gasteiger partial charge in [-0.2, -0.15) is 0 Å². The Morgan fingerprint density at radius 3 is 3.15 bits per heavy atom. The molecule has 76 valence electrons. The van der Waals surface area contributed by atoms with Crippen LogP contribution in [0, 0.1) is 0 Å². The van der Waals surface area contributed by atoms with E-state index in [0.29, 0.717) is 0 Å². The fourth-order valence-electron chi connectivity index (χ4n) is 1.31. The van der Waals surface area contributed by atoms with E-state index < -0.39 is 0 Å². The number of rotatable bonds is 6. The first-order chi connectivity index (χ1) is 6.43. The summed E-state index contributed by atoms with van der Waals surface area (Å²) in [7, 11) is 0. The van der Waals surface area contributed by atoms with Crippen LogP contribution in [0.25, 0.3) is 0 Å².